The zero-order chi connectivity index (χ0) is 15.9. The van der Waals surface area contributed by atoms with Crippen molar-refractivity contribution in [2.24, 2.45) is 0 Å². The van der Waals surface area contributed by atoms with E-state index in [9.17, 15) is 14.4 Å². The molecule has 0 saturated heterocycles. The highest BCUT2D eigenvalue weighted by molar-refractivity contribution is 6.26. The first kappa shape index (κ1) is 15.4. The number of amides is 1. The number of rotatable bonds is 5. The summed E-state index contributed by atoms with van der Waals surface area (Å²) in [6.45, 7) is 1.26. The highest BCUT2D eigenvalue weighted by Crippen LogP contribution is 2.10. The smallest absolute Gasteiger partial charge is 0.259 e. The van der Waals surface area contributed by atoms with Gasteiger partial charge in [0.05, 0.1) is 5.57 Å². The van der Waals surface area contributed by atoms with Gasteiger partial charge in [0, 0.05) is 17.3 Å². The van der Waals surface area contributed by atoms with Crippen LogP contribution in [0.25, 0.3) is 0 Å². The first-order valence-corrected chi connectivity index (χ1v) is 6.76. The molecule has 1 amide bonds. The van der Waals surface area contributed by atoms with Crippen molar-refractivity contribution < 1.29 is 14.4 Å². The van der Waals surface area contributed by atoms with E-state index in [1.165, 1.54) is 6.92 Å². The number of ketones is 2. The van der Waals surface area contributed by atoms with Gasteiger partial charge in [-0.2, -0.15) is 0 Å². The van der Waals surface area contributed by atoms with E-state index >= 15 is 0 Å². The van der Waals surface area contributed by atoms with Crippen molar-refractivity contribution in [1.29, 1.82) is 0 Å². The number of Topliss-reactive ketones (excluding diaryl/α,β-unsaturated/α-hetero) is 1. The molecule has 0 spiro atoms. The second kappa shape index (κ2) is 7.13. The Morgan fingerprint density at radius 1 is 0.864 bits per heavy atom. The summed E-state index contributed by atoms with van der Waals surface area (Å²) in [7, 11) is 0. The van der Waals surface area contributed by atoms with Gasteiger partial charge in [-0.3, -0.25) is 14.4 Å². The monoisotopic (exact) mass is 293 g/mol. The molecule has 2 aromatic rings. The second-order valence-electron chi connectivity index (χ2n) is 4.66. The highest BCUT2D eigenvalue weighted by atomic mass is 16.2. The van der Waals surface area contributed by atoms with Crippen LogP contribution in [0, 0.1) is 0 Å². The van der Waals surface area contributed by atoms with Crippen LogP contribution in [0.2, 0.25) is 0 Å². The molecular formula is C18H15NO3. The fourth-order valence-electron chi connectivity index (χ4n) is 1.86. The molecule has 0 aliphatic heterocycles. The minimum atomic E-state index is -0.594. The molecule has 4 nitrogen and oxygen atoms in total. The van der Waals surface area contributed by atoms with Crippen LogP contribution in [0.5, 0.6) is 0 Å². The fraction of sp³-hybridized carbons (Fsp3) is 0.0556. The molecule has 0 aliphatic carbocycles. The van der Waals surface area contributed by atoms with Crippen LogP contribution >= 0.6 is 0 Å². The summed E-state index contributed by atoms with van der Waals surface area (Å²) in [5.41, 5.74) is 0.818. The van der Waals surface area contributed by atoms with E-state index in [-0.39, 0.29) is 11.4 Å². The first-order chi connectivity index (χ1) is 10.6. The van der Waals surface area contributed by atoms with Gasteiger partial charge in [-0.15, -0.1) is 0 Å². The molecule has 0 aliphatic rings. The molecule has 0 heterocycles. The number of carbonyl (C=O) groups excluding carboxylic acids is 3. The first-order valence-electron chi connectivity index (χ1n) is 6.76. The average Bonchev–Trinajstić information content (AvgIpc) is 2.53. The number of benzene rings is 2. The number of carbonyl (C=O) groups is 3. The highest BCUT2D eigenvalue weighted by Gasteiger charge is 2.17. The van der Waals surface area contributed by atoms with Gasteiger partial charge in [0.2, 0.25) is 0 Å². The van der Waals surface area contributed by atoms with Crippen LogP contribution in [0.15, 0.2) is 72.3 Å². The summed E-state index contributed by atoms with van der Waals surface area (Å²) in [5, 5.41) is 2.60. The lowest BCUT2D eigenvalue weighted by molar-refractivity contribution is -0.118. The number of para-hydroxylation sites is 1. The normalized spacial score (nSPS) is 10.9. The van der Waals surface area contributed by atoms with E-state index in [1.807, 2.05) is 6.07 Å². The Hall–Kier alpha value is -3.01. The van der Waals surface area contributed by atoms with Gasteiger partial charge < -0.3 is 5.32 Å². The molecule has 2 rings (SSSR count). The van der Waals surface area contributed by atoms with E-state index < -0.39 is 11.7 Å². The Labute approximate surface area is 128 Å². The van der Waals surface area contributed by atoms with Gasteiger partial charge in [-0.1, -0.05) is 48.5 Å². The predicted octanol–water partition coefficient (Wildman–Crippen LogP) is 3.02. The lowest BCUT2D eigenvalue weighted by Crippen LogP contribution is -2.20. The molecule has 4 heteroatoms. The molecule has 1 N–H and O–H groups in total. The molecule has 0 unspecified atom stereocenters. The van der Waals surface area contributed by atoms with Crippen LogP contribution in [-0.2, 0) is 9.59 Å². The fourth-order valence-corrected chi connectivity index (χ4v) is 1.86. The molecule has 0 bridgehead atoms. The largest absolute Gasteiger partial charge is 0.322 e. The number of hydrogen-bond donors (Lipinski definition) is 1. The Balaban J connectivity index is 2.23. The number of anilines is 1. The van der Waals surface area contributed by atoms with E-state index in [0.29, 0.717) is 11.3 Å². The maximum absolute atomic E-state index is 12.2. The van der Waals surface area contributed by atoms with Crippen molar-refractivity contribution in [2.45, 2.75) is 6.92 Å². The zero-order valence-corrected chi connectivity index (χ0v) is 12.1. The van der Waals surface area contributed by atoms with Crippen molar-refractivity contribution in [1.82, 2.24) is 0 Å². The predicted molar refractivity (Wildman–Crippen MR) is 84.6 cm³/mol. The van der Waals surface area contributed by atoms with Crippen LogP contribution in [0.4, 0.5) is 5.69 Å². The summed E-state index contributed by atoms with van der Waals surface area (Å²) in [4.78, 5) is 35.9. The third-order valence-electron chi connectivity index (χ3n) is 2.99. The standard InChI is InChI=1S/C18H15NO3/c1-13(20)16(12-17(21)14-8-4-2-5-9-14)18(22)19-15-10-6-3-7-11-15/h2-12H,1H3,(H,19,22). The number of allylic oxidation sites excluding steroid dienone is 1. The van der Waals surface area contributed by atoms with Crippen molar-refractivity contribution in [3.8, 4) is 0 Å². The summed E-state index contributed by atoms with van der Waals surface area (Å²) in [5.74, 6) is -1.44. The topological polar surface area (TPSA) is 63.2 Å². The van der Waals surface area contributed by atoms with Crippen molar-refractivity contribution in [2.75, 3.05) is 5.32 Å². The van der Waals surface area contributed by atoms with Gasteiger partial charge in [0.1, 0.15) is 0 Å². The third-order valence-corrected chi connectivity index (χ3v) is 2.99. The van der Waals surface area contributed by atoms with Crippen LogP contribution in [0.1, 0.15) is 17.3 Å². The van der Waals surface area contributed by atoms with Gasteiger partial charge >= 0.3 is 0 Å². The van der Waals surface area contributed by atoms with E-state index in [1.54, 1.807) is 54.6 Å². The van der Waals surface area contributed by atoms with E-state index in [2.05, 4.69) is 5.32 Å². The second-order valence-corrected chi connectivity index (χ2v) is 4.66. The molecule has 0 fully saturated rings. The minimum Gasteiger partial charge on any atom is -0.322 e. The quantitative estimate of drug-likeness (QED) is 0.399. The summed E-state index contributed by atoms with van der Waals surface area (Å²) in [6, 6.07) is 17.2. The summed E-state index contributed by atoms with van der Waals surface area (Å²) in [6.07, 6.45) is 1.08. The Kier molecular flexibility index (Phi) is 4.98. The summed E-state index contributed by atoms with van der Waals surface area (Å²) < 4.78 is 0. The Morgan fingerprint density at radius 3 is 1.95 bits per heavy atom. The molecule has 0 aromatic heterocycles. The maximum Gasteiger partial charge on any atom is 0.259 e. The Bertz CT molecular complexity index is 719. The summed E-state index contributed by atoms with van der Waals surface area (Å²) >= 11 is 0. The molecular weight excluding hydrogens is 278 g/mol. The van der Waals surface area contributed by atoms with E-state index in [4.69, 9.17) is 0 Å². The third kappa shape index (κ3) is 3.99. The van der Waals surface area contributed by atoms with Gasteiger partial charge in [0.25, 0.3) is 5.91 Å². The molecule has 22 heavy (non-hydrogen) atoms. The lowest BCUT2D eigenvalue weighted by atomic mass is 10.1. The molecule has 2 aromatic carbocycles. The zero-order valence-electron chi connectivity index (χ0n) is 12.1. The number of hydrogen-bond acceptors (Lipinski definition) is 3. The van der Waals surface area contributed by atoms with E-state index in [0.717, 1.165) is 6.08 Å². The van der Waals surface area contributed by atoms with Gasteiger partial charge in [-0.05, 0) is 19.1 Å². The maximum atomic E-state index is 12.2. The Morgan fingerprint density at radius 2 is 1.41 bits per heavy atom. The molecule has 0 saturated carbocycles. The van der Waals surface area contributed by atoms with Crippen molar-refractivity contribution in [3.05, 3.63) is 77.9 Å². The minimum absolute atomic E-state index is 0.169. The van der Waals surface area contributed by atoms with Gasteiger partial charge in [0.15, 0.2) is 11.6 Å². The van der Waals surface area contributed by atoms with Crippen LogP contribution < -0.4 is 5.32 Å². The average molecular weight is 293 g/mol. The molecule has 0 radical (unpaired) electrons. The van der Waals surface area contributed by atoms with Crippen LogP contribution in [-0.4, -0.2) is 17.5 Å². The van der Waals surface area contributed by atoms with Gasteiger partial charge in [-0.25, -0.2) is 0 Å². The molecule has 0 atom stereocenters. The van der Waals surface area contributed by atoms with Crippen molar-refractivity contribution in [3.63, 3.8) is 0 Å². The van der Waals surface area contributed by atoms with Crippen molar-refractivity contribution >= 4 is 23.2 Å². The lowest BCUT2D eigenvalue weighted by Gasteiger charge is -2.06. The molecule has 110 valence electrons. The number of nitrogens with one attached hydrogen (secondary N) is 1. The SMILES string of the molecule is CC(=O)C(=CC(=O)c1ccccc1)C(=O)Nc1ccccc1. The van der Waals surface area contributed by atoms with Crippen LogP contribution in [0.3, 0.4) is 0 Å².